The zero-order valence-electron chi connectivity index (χ0n) is 12.3. The Morgan fingerprint density at radius 2 is 1.70 bits per heavy atom. The van der Waals surface area contributed by atoms with Crippen LogP contribution in [0.25, 0.3) is 0 Å². The molecule has 0 spiro atoms. The monoisotopic (exact) mass is 276 g/mol. The highest BCUT2D eigenvalue weighted by molar-refractivity contribution is 5.62. The van der Waals surface area contributed by atoms with Crippen molar-refractivity contribution in [2.24, 2.45) is 7.05 Å². The lowest BCUT2D eigenvalue weighted by Crippen LogP contribution is -2.01. The van der Waals surface area contributed by atoms with Gasteiger partial charge in [0.1, 0.15) is 0 Å². The molecule has 0 saturated carbocycles. The molecule has 0 bridgehead atoms. The third kappa shape index (κ3) is 2.99. The van der Waals surface area contributed by atoms with Gasteiger partial charge in [-0.25, -0.2) is 0 Å². The van der Waals surface area contributed by atoms with Crippen LogP contribution in [-0.2, 0) is 13.6 Å². The Balaban J connectivity index is 2.19. The molecule has 1 N–H and O–H groups in total. The van der Waals surface area contributed by atoms with E-state index < -0.39 is 0 Å². The first kappa shape index (κ1) is 14.1. The lowest BCUT2D eigenvalue weighted by Gasteiger charge is -2.14. The summed E-state index contributed by atoms with van der Waals surface area (Å²) in [7, 11) is 6.82. The predicted molar refractivity (Wildman–Crippen MR) is 78.8 cm³/mol. The summed E-state index contributed by atoms with van der Waals surface area (Å²) in [6, 6.07) is 5.86. The molecule has 0 aliphatic heterocycles. The van der Waals surface area contributed by atoms with E-state index in [0.717, 1.165) is 12.2 Å². The first-order valence-corrected chi connectivity index (χ1v) is 6.32. The second-order valence-electron chi connectivity index (χ2n) is 4.45. The largest absolute Gasteiger partial charge is 0.493 e. The molecule has 0 radical (unpaired) electrons. The van der Waals surface area contributed by atoms with Gasteiger partial charge in [-0.15, -0.1) is 0 Å². The Morgan fingerprint density at radius 3 is 2.15 bits per heavy atom. The first-order chi connectivity index (χ1) is 9.67. The van der Waals surface area contributed by atoms with Gasteiger partial charge >= 0.3 is 0 Å². The van der Waals surface area contributed by atoms with Crippen molar-refractivity contribution >= 4 is 5.69 Å². The Hall–Kier alpha value is -2.30. The highest BCUT2D eigenvalue weighted by atomic mass is 16.5. The van der Waals surface area contributed by atoms with E-state index in [4.69, 9.17) is 14.2 Å². The lowest BCUT2D eigenvalue weighted by atomic mass is 10.2. The molecule has 0 amide bonds. The summed E-state index contributed by atoms with van der Waals surface area (Å²) in [5, 5.41) is 3.35. The van der Waals surface area contributed by atoms with Gasteiger partial charge in [0.15, 0.2) is 11.5 Å². The Bertz CT molecular complexity index is 553. The number of rotatable bonds is 6. The van der Waals surface area contributed by atoms with Gasteiger partial charge in [-0.1, -0.05) is 0 Å². The normalized spacial score (nSPS) is 10.2. The SMILES string of the molecule is COc1cc(NCc2ccn(C)c2)cc(OC)c1OC. The number of hydrogen-bond acceptors (Lipinski definition) is 4. The minimum absolute atomic E-state index is 0.597. The fourth-order valence-electron chi connectivity index (χ4n) is 2.05. The summed E-state index contributed by atoms with van der Waals surface area (Å²) in [6.45, 7) is 0.736. The number of anilines is 1. The Kier molecular flexibility index (Phi) is 4.40. The highest BCUT2D eigenvalue weighted by Gasteiger charge is 2.12. The van der Waals surface area contributed by atoms with Crippen LogP contribution in [0.5, 0.6) is 17.2 Å². The molecule has 5 heteroatoms. The maximum absolute atomic E-state index is 5.33. The third-order valence-corrected chi connectivity index (χ3v) is 3.05. The number of aromatic nitrogens is 1. The Morgan fingerprint density at radius 1 is 1.05 bits per heavy atom. The molecule has 5 nitrogen and oxygen atoms in total. The number of nitrogens with one attached hydrogen (secondary N) is 1. The molecule has 0 aliphatic carbocycles. The van der Waals surface area contributed by atoms with Crippen molar-refractivity contribution in [1.29, 1.82) is 0 Å². The van der Waals surface area contributed by atoms with E-state index in [2.05, 4.69) is 17.6 Å². The number of hydrogen-bond donors (Lipinski definition) is 1. The van der Waals surface area contributed by atoms with Gasteiger partial charge in [-0.3, -0.25) is 0 Å². The van der Waals surface area contributed by atoms with Crippen molar-refractivity contribution in [3.8, 4) is 17.2 Å². The topological polar surface area (TPSA) is 44.7 Å². The zero-order chi connectivity index (χ0) is 14.5. The minimum atomic E-state index is 0.597. The average molecular weight is 276 g/mol. The van der Waals surface area contributed by atoms with E-state index in [1.807, 2.05) is 29.9 Å². The molecule has 1 aromatic heterocycles. The summed E-state index contributed by atoms with van der Waals surface area (Å²) in [4.78, 5) is 0. The first-order valence-electron chi connectivity index (χ1n) is 6.32. The van der Waals surface area contributed by atoms with E-state index >= 15 is 0 Å². The second kappa shape index (κ2) is 6.23. The smallest absolute Gasteiger partial charge is 0.203 e. The molecule has 0 fully saturated rings. The van der Waals surface area contributed by atoms with Crippen molar-refractivity contribution < 1.29 is 14.2 Å². The van der Waals surface area contributed by atoms with Crippen molar-refractivity contribution in [1.82, 2.24) is 4.57 Å². The number of aryl methyl sites for hydroxylation is 1. The van der Waals surface area contributed by atoms with E-state index in [9.17, 15) is 0 Å². The van der Waals surface area contributed by atoms with Crippen molar-refractivity contribution in [3.05, 3.63) is 36.2 Å². The molecule has 1 heterocycles. The zero-order valence-corrected chi connectivity index (χ0v) is 12.3. The van der Waals surface area contributed by atoms with Crippen LogP contribution >= 0.6 is 0 Å². The lowest BCUT2D eigenvalue weighted by molar-refractivity contribution is 0.324. The number of ether oxygens (including phenoxy) is 3. The van der Waals surface area contributed by atoms with Crippen LogP contribution in [0.3, 0.4) is 0 Å². The maximum Gasteiger partial charge on any atom is 0.203 e. The van der Waals surface area contributed by atoms with Crippen LogP contribution < -0.4 is 19.5 Å². The molecule has 2 aromatic rings. The molecular weight excluding hydrogens is 256 g/mol. The molecule has 0 saturated heterocycles. The summed E-state index contributed by atoms with van der Waals surface area (Å²) >= 11 is 0. The van der Waals surface area contributed by atoms with Gasteiger partial charge in [0.2, 0.25) is 5.75 Å². The highest BCUT2D eigenvalue weighted by Crippen LogP contribution is 2.39. The molecule has 0 atom stereocenters. The predicted octanol–water partition coefficient (Wildman–Crippen LogP) is 2.66. The van der Waals surface area contributed by atoms with E-state index in [1.54, 1.807) is 21.3 Å². The summed E-state index contributed by atoms with van der Waals surface area (Å²) in [5.41, 5.74) is 2.13. The molecule has 0 unspecified atom stereocenters. The van der Waals surface area contributed by atoms with Crippen LogP contribution in [0.4, 0.5) is 5.69 Å². The summed E-state index contributed by atoms with van der Waals surface area (Å²) < 4.78 is 18.0. The van der Waals surface area contributed by atoms with Gasteiger partial charge in [-0.05, 0) is 11.6 Å². The maximum atomic E-state index is 5.33. The van der Waals surface area contributed by atoms with Crippen molar-refractivity contribution in [2.45, 2.75) is 6.54 Å². The number of methoxy groups -OCH3 is 3. The van der Waals surface area contributed by atoms with Gasteiger partial charge in [0.25, 0.3) is 0 Å². The fraction of sp³-hybridized carbons (Fsp3) is 0.333. The third-order valence-electron chi connectivity index (χ3n) is 3.05. The van der Waals surface area contributed by atoms with Gasteiger partial charge in [0.05, 0.1) is 21.3 Å². The molecule has 0 aliphatic rings. The second-order valence-corrected chi connectivity index (χ2v) is 4.45. The molecule has 2 rings (SSSR count). The summed E-state index contributed by atoms with van der Waals surface area (Å²) in [5.74, 6) is 1.88. The van der Waals surface area contributed by atoms with Gasteiger partial charge in [-0.2, -0.15) is 0 Å². The number of nitrogens with zero attached hydrogens (tertiary/aromatic N) is 1. The molecule has 20 heavy (non-hydrogen) atoms. The van der Waals surface area contributed by atoms with E-state index in [1.165, 1.54) is 5.56 Å². The van der Waals surface area contributed by atoms with Crippen molar-refractivity contribution in [2.75, 3.05) is 26.6 Å². The van der Waals surface area contributed by atoms with Gasteiger partial charge < -0.3 is 24.1 Å². The molecule has 1 aromatic carbocycles. The van der Waals surface area contributed by atoms with Crippen LogP contribution in [0, 0.1) is 0 Å². The quantitative estimate of drug-likeness (QED) is 0.881. The van der Waals surface area contributed by atoms with Gasteiger partial charge in [0, 0.05) is 43.8 Å². The standard InChI is InChI=1S/C15H20N2O3/c1-17-6-5-11(10-17)9-16-12-7-13(18-2)15(20-4)14(8-12)19-3/h5-8,10,16H,9H2,1-4H3. The van der Waals surface area contributed by atoms with E-state index in [0.29, 0.717) is 17.2 Å². The molecular formula is C15H20N2O3. The minimum Gasteiger partial charge on any atom is -0.493 e. The number of benzene rings is 1. The Labute approximate surface area is 119 Å². The fourth-order valence-corrected chi connectivity index (χ4v) is 2.05. The van der Waals surface area contributed by atoms with Crippen LogP contribution in [0.1, 0.15) is 5.56 Å². The molecule has 108 valence electrons. The van der Waals surface area contributed by atoms with Crippen LogP contribution in [-0.4, -0.2) is 25.9 Å². The summed E-state index contributed by atoms with van der Waals surface area (Å²) in [6.07, 6.45) is 4.09. The van der Waals surface area contributed by atoms with Crippen LogP contribution in [0.2, 0.25) is 0 Å². The average Bonchev–Trinajstić information content (AvgIpc) is 2.89. The van der Waals surface area contributed by atoms with E-state index in [-0.39, 0.29) is 0 Å². The van der Waals surface area contributed by atoms with Crippen LogP contribution in [0.15, 0.2) is 30.6 Å². The van der Waals surface area contributed by atoms with Crippen molar-refractivity contribution in [3.63, 3.8) is 0 Å².